The van der Waals surface area contributed by atoms with Crippen molar-refractivity contribution in [2.24, 2.45) is 0 Å². The summed E-state index contributed by atoms with van der Waals surface area (Å²) in [5.74, 6) is 0. The van der Waals surface area contributed by atoms with Crippen molar-refractivity contribution in [1.82, 2.24) is 0 Å². The molecule has 0 amide bonds. The summed E-state index contributed by atoms with van der Waals surface area (Å²) in [7, 11) is 3.84. The molecule has 0 saturated carbocycles. The predicted octanol–water partition coefficient (Wildman–Crippen LogP) is 3.90. The molecule has 0 atom stereocenters. The first kappa shape index (κ1) is 16.4. The molecule has 118 valence electrons. The number of nitrogens with one attached hydrogen (secondary N) is 2. The summed E-state index contributed by atoms with van der Waals surface area (Å²) in [4.78, 5) is 0. The van der Waals surface area contributed by atoms with Gasteiger partial charge in [-0.3, -0.25) is 0 Å². The van der Waals surface area contributed by atoms with Crippen LogP contribution in [-0.4, -0.2) is 19.2 Å². The van der Waals surface area contributed by atoms with Crippen molar-refractivity contribution in [2.75, 3.05) is 24.7 Å². The van der Waals surface area contributed by atoms with Crippen molar-refractivity contribution in [3.63, 3.8) is 0 Å². The van der Waals surface area contributed by atoms with Crippen LogP contribution in [0.25, 0.3) is 0 Å². The molecule has 3 nitrogen and oxygen atoms in total. The monoisotopic (exact) mass is 298 g/mol. The minimum absolute atomic E-state index is 0.0469. The number of rotatable bonds is 5. The first-order chi connectivity index (χ1) is 10.4. The first-order valence-electron chi connectivity index (χ1n) is 7.65. The van der Waals surface area contributed by atoms with E-state index in [1.807, 2.05) is 20.2 Å². The molecule has 0 heterocycles. The standard InChI is InChI=1S/C19H26N2O/c1-13-6-8-15(10-17(13)20-4)19(2,3)16-9-7-14(12-22)18(11-16)21-5/h6-11,20-22H,12H2,1-5H3. The third-order valence-corrected chi connectivity index (χ3v) is 4.50. The van der Waals surface area contributed by atoms with Crippen LogP contribution in [0.2, 0.25) is 0 Å². The molecule has 0 unspecified atom stereocenters. The molecule has 0 saturated heterocycles. The van der Waals surface area contributed by atoms with E-state index in [1.54, 1.807) is 0 Å². The number of anilines is 2. The van der Waals surface area contributed by atoms with Crippen LogP contribution < -0.4 is 10.6 Å². The zero-order valence-corrected chi connectivity index (χ0v) is 14.1. The van der Waals surface area contributed by atoms with E-state index in [0.717, 1.165) is 16.9 Å². The third kappa shape index (κ3) is 2.95. The van der Waals surface area contributed by atoms with Crippen LogP contribution in [0.4, 0.5) is 11.4 Å². The molecule has 2 aromatic rings. The van der Waals surface area contributed by atoms with Gasteiger partial charge in [-0.2, -0.15) is 0 Å². The van der Waals surface area contributed by atoms with Gasteiger partial charge in [-0.15, -0.1) is 0 Å². The van der Waals surface area contributed by atoms with Gasteiger partial charge >= 0.3 is 0 Å². The van der Waals surface area contributed by atoms with Gasteiger partial charge in [0.2, 0.25) is 0 Å². The van der Waals surface area contributed by atoms with Gasteiger partial charge in [0.1, 0.15) is 0 Å². The summed E-state index contributed by atoms with van der Waals surface area (Å²) < 4.78 is 0. The average Bonchev–Trinajstić information content (AvgIpc) is 2.54. The smallest absolute Gasteiger partial charge is 0.0701 e. The number of aliphatic hydroxyl groups is 1. The lowest BCUT2D eigenvalue weighted by Crippen LogP contribution is -2.19. The highest BCUT2D eigenvalue weighted by atomic mass is 16.3. The van der Waals surface area contributed by atoms with Crippen molar-refractivity contribution in [2.45, 2.75) is 32.8 Å². The number of hydrogen-bond acceptors (Lipinski definition) is 3. The van der Waals surface area contributed by atoms with E-state index in [0.29, 0.717) is 0 Å². The minimum Gasteiger partial charge on any atom is -0.392 e. The normalized spacial score (nSPS) is 11.4. The van der Waals surface area contributed by atoms with Gasteiger partial charge in [0.25, 0.3) is 0 Å². The van der Waals surface area contributed by atoms with E-state index in [9.17, 15) is 5.11 Å². The summed E-state index contributed by atoms with van der Waals surface area (Å²) in [6.07, 6.45) is 0. The van der Waals surface area contributed by atoms with Crippen LogP contribution in [0.1, 0.15) is 36.1 Å². The number of aliphatic hydroxyl groups excluding tert-OH is 1. The largest absolute Gasteiger partial charge is 0.392 e. The van der Waals surface area contributed by atoms with Crippen LogP contribution in [0, 0.1) is 6.92 Å². The Labute approximate surface area is 133 Å². The molecule has 3 N–H and O–H groups in total. The lowest BCUT2D eigenvalue weighted by atomic mass is 9.77. The molecule has 0 spiro atoms. The van der Waals surface area contributed by atoms with E-state index in [-0.39, 0.29) is 12.0 Å². The van der Waals surface area contributed by atoms with Crippen LogP contribution in [-0.2, 0) is 12.0 Å². The van der Waals surface area contributed by atoms with Gasteiger partial charge in [0, 0.05) is 36.4 Å². The number of benzene rings is 2. The average molecular weight is 298 g/mol. The molecule has 2 rings (SSSR count). The summed E-state index contributed by atoms with van der Waals surface area (Å²) in [5.41, 5.74) is 6.68. The molecular formula is C19H26N2O. The van der Waals surface area contributed by atoms with Gasteiger partial charge in [-0.25, -0.2) is 0 Å². The Morgan fingerprint density at radius 3 is 2.00 bits per heavy atom. The Bertz CT molecular complexity index is 662. The molecule has 0 aliphatic carbocycles. The summed E-state index contributed by atoms with van der Waals surface area (Å²) in [6, 6.07) is 12.8. The van der Waals surface area contributed by atoms with E-state index >= 15 is 0 Å². The third-order valence-electron chi connectivity index (χ3n) is 4.50. The maximum Gasteiger partial charge on any atom is 0.0701 e. The Kier molecular flexibility index (Phi) is 4.77. The van der Waals surface area contributed by atoms with Gasteiger partial charge in [-0.05, 0) is 35.7 Å². The van der Waals surface area contributed by atoms with Crippen LogP contribution in [0.15, 0.2) is 36.4 Å². The van der Waals surface area contributed by atoms with Gasteiger partial charge in [0.15, 0.2) is 0 Å². The quantitative estimate of drug-likeness (QED) is 0.784. The minimum atomic E-state index is -0.112. The number of aryl methyl sites for hydroxylation is 1. The van der Waals surface area contributed by atoms with Crippen LogP contribution in [0.3, 0.4) is 0 Å². The summed E-state index contributed by atoms with van der Waals surface area (Å²) in [5, 5.41) is 15.8. The topological polar surface area (TPSA) is 44.3 Å². The molecule has 0 radical (unpaired) electrons. The van der Waals surface area contributed by atoms with Crippen LogP contribution in [0.5, 0.6) is 0 Å². The highest BCUT2D eigenvalue weighted by Gasteiger charge is 2.24. The van der Waals surface area contributed by atoms with Gasteiger partial charge in [0.05, 0.1) is 6.61 Å². The lowest BCUT2D eigenvalue weighted by molar-refractivity contribution is 0.282. The highest BCUT2D eigenvalue weighted by Crippen LogP contribution is 2.35. The van der Waals surface area contributed by atoms with Crippen molar-refractivity contribution in [3.05, 3.63) is 58.7 Å². The summed E-state index contributed by atoms with van der Waals surface area (Å²) in [6.45, 7) is 6.61. The van der Waals surface area contributed by atoms with Gasteiger partial charge in [-0.1, -0.05) is 38.1 Å². The molecule has 0 aromatic heterocycles. The maximum absolute atomic E-state index is 9.41. The zero-order valence-electron chi connectivity index (χ0n) is 14.1. The van der Waals surface area contributed by atoms with Gasteiger partial charge < -0.3 is 15.7 Å². The van der Waals surface area contributed by atoms with E-state index < -0.39 is 0 Å². The SMILES string of the molecule is CNc1cc(C(C)(C)c2ccc(CO)c(NC)c2)ccc1C. The molecule has 3 heteroatoms. The second-order valence-electron chi connectivity index (χ2n) is 6.18. The van der Waals surface area contributed by atoms with E-state index in [2.05, 4.69) is 61.7 Å². The highest BCUT2D eigenvalue weighted by molar-refractivity contribution is 5.58. The fourth-order valence-electron chi connectivity index (χ4n) is 2.78. The zero-order chi connectivity index (χ0) is 16.3. The fourth-order valence-corrected chi connectivity index (χ4v) is 2.78. The predicted molar refractivity (Wildman–Crippen MR) is 94.8 cm³/mol. The van der Waals surface area contributed by atoms with Crippen molar-refractivity contribution >= 4 is 11.4 Å². The molecule has 0 bridgehead atoms. The van der Waals surface area contributed by atoms with Crippen molar-refractivity contribution < 1.29 is 5.11 Å². The Hall–Kier alpha value is -2.00. The Morgan fingerprint density at radius 1 is 0.909 bits per heavy atom. The molecular weight excluding hydrogens is 272 g/mol. The van der Waals surface area contributed by atoms with Crippen LogP contribution >= 0.6 is 0 Å². The summed E-state index contributed by atoms with van der Waals surface area (Å²) >= 11 is 0. The molecule has 22 heavy (non-hydrogen) atoms. The Balaban J connectivity index is 2.49. The molecule has 2 aromatic carbocycles. The molecule has 0 fully saturated rings. The second-order valence-corrected chi connectivity index (χ2v) is 6.18. The molecule has 0 aliphatic heterocycles. The van der Waals surface area contributed by atoms with E-state index in [4.69, 9.17) is 0 Å². The lowest BCUT2D eigenvalue weighted by Gasteiger charge is -2.28. The van der Waals surface area contributed by atoms with Crippen molar-refractivity contribution in [3.8, 4) is 0 Å². The fraction of sp³-hybridized carbons (Fsp3) is 0.368. The van der Waals surface area contributed by atoms with Crippen molar-refractivity contribution in [1.29, 1.82) is 0 Å². The maximum atomic E-state index is 9.41. The number of hydrogen-bond donors (Lipinski definition) is 3. The Morgan fingerprint density at radius 2 is 1.45 bits per heavy atom. The van der Waals surface area contributed by atoms with E-state index in [1.165, 1.54) is 16.7 Å². The first-order valence-corrected chi connectivity index (χ1v) is 7.65. The molecule has 0 aliphatic rings. The second kappa shape index (κ2) is 6.41.